The molecule has 0 aliphatic heterocycles. The first-order valence-electron chi connectivity index (χ1n) is 5.14. The molecule has 2 rings (SSSR count). The van der Waals surface area contributed by atoms with Crippen LogP contribution >= 0.6 is 11.8 Å². The maximum absolute atomic E-state index is 12.9. The molecule has 1 heterocycles. The number of ether oxygens (including phenoxy) is 1. The number of rotatable bonds is 3. The normalized spacial score (nSPS) is 10.4. The largest absolute Gasteiger partial charge is 0.464 e. The highest BCUT2D eigenvalue weighted by Gasteiger charge is 2.15. The molecule has 0 bridgehead atoms. The minimum absolute atomic E-state index is 0.228. The lowest BCUT2D eigenvalue weighted by Crippen LogP contribution is -2.04. The summed E-state index contributed by atoms with van der Waals surface area (Å²) in [5, 5.41) is 4.93. The van der Waals surface area contributed by atoms with Crippen LogP contribution in [0, 0.1) is 5.82 Å². The van der Waals surface area contributed by atoms with E-state index < -0.39 is 5.97 Å². The zero-order valence-corrected chi connectivity index (χ0v) is 10.7. The van der Waals surface area contributed by atoms with Crippen LogP contribution in [0.25, 0.3) is 5.69 Å². The predicted octanol–water partition coefficient (Wildman–Crippen LogP) is 2.52. The van der Waals surface area contributed by atoms with Crippen molar-refractivity contribution < 1.29 is 13.9 Å². The van der Waals surface area contributed by atoms with Crippen LogP contribution in [-0.4, -0.2) is 29.1 Å². The Morgan fingerprint density at radius 2 is 2.06 bits per heavy atom. The van der Waals surface area contributed by atoms with E-state index in [4.69, 9.17) is 0 Å². The number of benzene rings is 1. The fourth-order valence-electron chi connectivity index (χ4n) is 1.48. The molecular weight excluding hydrogens is 255 g/mol. The summed E-state index contributed by atoms with van der Waals surface area (Å²) in [6, 6.07) is 7.53. The van der Waals surface area contributed by atoms with E-state index in [1.807, 2.05) is 6.26 Å². The smallest absolute Gasteiger partial charge is 0.358 e. The molecule has 1 aromatic carbocycles. The third-order valence-electron chi connectivity index (χ3n) is 2.35. The summed E-state index contributed by atoms with van der Waals surface area (Å²) in [6.07, 6.45) is 1.87. The van der Waals surface area contributed by atoms with Crippen LogP contribution in [-0.2, 0) is 4.74 Å². The zero-order valence-electron chi connectivity index (χ0n) is 9.88. The first kappa shape index (κ1) is 12.6. The molecule has 0 saturated heterocycles. The van der Waals surface area contributed by atoms with Gasteiger partial charge in [0.15, 0.2) is 5.69 Å². The van der Waals surface area contributed by atoms with E-state index in [0.29, 0.717) is 5.69 Å². The Balaban J connectivity index is 2.46. The molecule has 0 saturated carbocycles. The number of methoxy groups -OCH3 is 1. The second-order valence-electron chi connectivity index (χ2n) is 3.45. The molecule has 0 spiro atoms. The molecular formula is C12H11FN2O2S. The van der Waals surface area contributed by atoms with Crippen molar-refractivity contribution in [1.29, 1.82) is 0 Å². The lowest BCUT2D eigenvalue weighted by Gasteiger charge is -2.04. The third-order valence-corrected chi connectivity index (χ3v) is 3.06. The molecule has 0 unspecified atom stereocenters. The topological polar surface area (TPSA) is 44.1 Å². The van der Waals surface area contributed by atoms with Gasteiger partial charge in [0.2, 0.25) is 0 Å². The van der Waals surface area contributed by atoms with E-state index in [-0.39, 0.29) is 11.5 Å². The van der Waals surface area contributed by atoms with Gasteiger partial charge in [-0.2, -0.15) is 5.10 Å². The van der Waals surface area contributed by atoms with Gasteiger partial charge in [-0.15, -0.1) is 11.8 Å². The second-order valence-corrected chi connectivity index (χ2v) is 4.28. The molecule has 94 valence electrons. The molecule has 0 aliphatic carbocycles. The number of hydrogen-bond acceptors (Lipinski definition) is 4. The predicted molar refractivity (Wildman–Crippen MR) is 66.6 cm³/mol. The zero-order chi connectivity index (χ0) is 13.1. The van der Waals surface area contributed by atoms with E-state index in [2.05, 4.69) is 9.84 Å². The fraction of sp³-hybridized carbons (Fsp3) is 0.167. The molecule has 2 aromatic rings. The lowest BCUT2D eigenvalue weighted by molar-refractivity contribution is 0.0593. The van der Waals surface area contributed by atoms with Crippen molar-refractivity contribution in [1.82, 2.24) is 9.78 Å². The summed E-state index contributed by atoms with van der Waals surface area (Å²) in [6.45, 7) is 0. The Hall–Kier alpha value is -1.82. The van der Waals surface area contributed by atoms with Gasteiger partial charge in [-0.25, -0.2) is 13.9 Å². The summed E-state index contributed by atoms with van der Waals surface area (Å²) >= 11 is 1.44. The van der Waals surface area contributed by atoms with E-state index in [0.717, 1.165) is 5.03 Å². The van der Waals surface area contributed by atoms with Gasteiger partial charge in [0.25, 0.3) is 0 Å². The Morgan fingerprint density at radius 3 is 2.61 bits per heavy atom. The molecule has 1 aromatic heterocycles. The standard InChI is InChI=1S/C12H11FN2O2S/c1-17-12(16)10-7-11(18-2)15(14-10)9-5-3-8(13)4-6-9/h3-7H,1-2H3. The van der Waals surface area contributed by atoms with Crippen molar-refractivity contribution in [3.05, 3.63) is 41.8 Å². The van der Waals surface area contributed by atoms with Crippen LogP contribution in [0.2, 0.25) is 0 Å². The van der Waals surface area contributed by atoms with Crippen LogP contribution < -0.4 is 0 Å². The molecule has 0 radical (unpaired) electrons. The quantitative estimate of drug-likeness (QED) is 0.632. The van der Waals surface area contributed by atoms with Gasteiger partial charge < -0.3 is 4.74 Å². The first-order chi connectivity index (χ1) is 8.65. The Bertz CT molecular complexity index is 566. The van der Waals surface area contributed by atoms with Gasteiger partial charge in [-0.3, -0.25) is 0 Å². The highest BCUT2D eigenvalue weighted by molar-refractivity contribution is 7.98. The second kappa shape index (κ2) is 5.22. The summed E-state index contributed by atoms with van der Waals surface area (Å²) in [7, 11) is 1.30. The van der Waals surface area contributed by atoms with Gasteiger partial charge in [0.1, 0.15) is 10.8 Å². The fourth-order valence-corrected chi connectivity index (χ4v) is 2.03. The number of aromatic nitrogens is 2. The van der Waals surface area contributed by atoms with Crippen molar-refractivity contribution in [2.75, 3.05) is 13.4 Å². The maximum atomic E-state index is 12.9. The van der Waals surface area contributed by atoms with Gasteiger partial charge in [0.05, 0.1) is 12.8 Å². The number of halogens is 1. The molecule has 0 amide bonds. The molecule has 0 N–H and O–H groups in total. The highest BCUT2D eigenvalue weighted by atomic mass is 32.2. The lowest BCUT2D eigenvalue weighted by atomic mass is 10.3. The summed E-state index contributed by atoms with van der Waals surface area (Å²) in [5.74, 6) is -0.809. The maximum Gasteiger partial charge on any atom is 0.358 e. The van der Waals surface area contributed by atoms with Crippen molar-refractivity contribution in [2.45, 2.75) is 5.03 Å². The van der Waals surface area contributed by atoms with Crippen molar-refractivity contribution in [3.8, 4) is 5.69 Å². The highest BCUT2D eigenvalue weighted by Crippen LogP contribution is 2.21. The minimum atomic E-state index is -0.494. The SMILES string of the molecule is COC(=O)c1cc(SC)n(-c2ccc(F)cc2)n1. The Kier molecular flexibility index (Phi) is 3.66. The van der Waals surface area contributed by atoms with Crippen molar-refractivity contribution >= 4 is 17.7 Å². The number of carbonyl (C=O) groups excluding carboxylic acids is 1. The molecule has 0 atom stereocenters. The monoisotopic (exact) mass is 266 g/mol. The summed E-state index contributed by atoms with van der Waals surface area (Å²) in [5.41, 5.74) is 0.919. The van der Waals surface area contributed by atoms with Crippen LogP contribution in [0.1, 0.15) is 10.5 Å². The first-order valence-corrected chi connectivity index (χ1v) is 6.36. The molecule has 0 fully saturated rings. The van der Waals surface area contributed by atoms with E-state index in [9.17, 15) is 9.18 Å². The number of esters is 1. The molecule has 18 heavy (non-hydrogen) atoms. The average Bonchev–Trinajstić information content (AvgIpc) is 2.83. The molecule has 0 aliphatic rings. The molecule has 4 nitrogen and oxygen atoms in total. The summed E-state index contributed by atoms with van der Waals surface area (Å²) in [4.78, 5) is 11.4. The number of nitrogens with zero attached hydrogens (tertiary/aromatic N) is 2. The average molecular weight is 266 g/mol. The van der Waals surface area contributed by atoms with Gasteiger partial charge in [-0.05, 0) is 30.5 Å². The Labute approximate surface area is 108 Å². The van der Waals surface area contributed by atoms with Gasteiger partial charge in [0, 0.05) is 6.07 Å². The van der Waals surface area contributed by atoms with Gasteiger partial charge in [-0.1, -0.05) is 0 Å². The van der Waals surface area contributed by atoms with Crippen LogP contribution in [0.5, 0.6) is 0 Å². The Morgan fingerprint density at radius 1 is 1.39 bits per heavy atom. The van der Waals surface area contributed by atoms with Crippen LogP contribution in [0.15, 0.2) is 35.4 Å². The summed E-state index contributed by atoms with van der Waals surface area (Å²) < 4.78 is 19.1. The van der Waals surface area contributed by atoms with Crippen molar-refractivity contribution in [2.24, 2.45) is 0 Å². The number of thioether (sulfide) groups is 1. The molecule has 6 heteroatoms. The van der Waals surface area contributed by atoms with Crippen LogP contribution in [0.3, 0.4) is 0 Å². The number of carbonyl (C=O) groups is 1. The van der Waals surface area contributed by atoms with E-state index in [1.165, 1.54) is 31.0 Å². The van der Waals surface area contributed by atoms with Crippen molar-refractivity contribution in [3.63, 3.8) is 0 Å². The van der Waals surface area contributed by atoms with E-state index >= 15 is 0 Å². The number of hydrogen-bond donors (Lipinski definition) is 0. The van der Waals surface area contributed by atoms with Gasteiger partial charge >= 0.3 is 5.97 Å². The van der Waals surface area contributed by atoms with Crippen LogP contribution in [0.4, 0.5) is 4.39 Å². The van der Waals surface area contributed by atoms with E-state index in [1.54, 1.807) is 22.9 Å². The third kappa shape index (κ3) is 2.38. The minimum Gasteiger partial charge on any atom is -0.464 e.